The molecule has 36 heavy (non-hydrogen) atoms. The second-order valence-electron chi connectivity index (χ2n) is 9.76. The van der Waals surface area contributed by atoms with Crippen molar-refractivity contribution in [1.82, 2.24) is 0 Å². The van der Waals surface area contributed by atoms with Gasteiger partial charge in [0.25, 0.3) is 0 Å². The van der Waals surface area contributed by atoms with E-state index in [0.717, 1.165) is 30.2 Å². The van der Waals surface area contributed by atoms with E-state index in [1.54, 1.807) is 6.07 Å². The fourth-order valence-electron chi connectivity index (χ4n) is 4.65. The first-order valence-electron chi connectivity index (χ1n) is 13.6. The molecule has 0 spiro atoms. The Morgan fingerprint density at radius 3 is 1.86 bits per heavy atom. The van der Waals surface area contributed by atoms with Gasteiger partial charge in [-0.25, -0.2) is 4.39 Å². The van der Waals surface area contributed by atoms with Gasteiger partial charge in [-0.3, -0.25) is 0 Å². The van der Waals surface area contributed by atoms with E-state index in [2.05, 4.69) is 68.2 Å². The third kappa shape index (κ3) is 7.08. The molecule has 0 heterocycles. The van der Waals surface area contributed by atoms with Crippen LogP contribution in [0.4, 0.5) is 4.39 Å². The second-order valence-corrected chi connectivity index (χ2v) is 9.76. The van der Waals surface area contributed by atoms with Crippen molar-refractivity contribution in [2.75, 3.05) is 0 Å². The predicted molar refractivity (Wildman–Crippen MR) is 152 cm³/mol. The van der Waals surface area contributed by atoms with E-state index in [1.165, 1.54) is 60.8 Å². The number of hydrogen-bond acceptors (Lipinski definition) is 0. The zero-order valence-electron chi connectivity index (χ0n) is 21.7. The normalized spacial score (nSPS) is 10.9. The Kier molecular flexibility index (Phi) is 9.34. The zero-order valence-corrected chi connectivity index (χ0v) is 21.7. The maximum Gasteiger partial charge on any atom is 0.146 e. The van der Waals surface area contributed by atoms with E-state index in [0.29, 0.717) is 10.9 Å². The molecule has 0 bridgehead atoms. The van der Waals surface area contributed by atoms with Gasteiger partial charge >= 0.3 is 0 Å². The highest BCUT2D eigenvalue weighted by atomic mass is 19.1. The van der Waals surface area contributed by atoms with Crippen LogP contribution >= 0.6 is 0 Å². The van der Waals surface area contributed by atoms with Gasteiger partial charge in [0, 0.05) is 10.9 Å². The van der Waals surface area contributed by atoms with Gasteiger partial charge in [-0.05, 0) is 77.9 Å². The molecule has 1 heteroatoms. The van der Waals surface area contributed by atoms with Crippen molar-refractivity contribution in [2.24, 2.45) is 0 Å². The van der Waals surface area contributed by atoms with Crippen LogP contribution in [0, 0.1) is 17.7 Å². The average Bonchev–Trinajstić information content (AvgIpc) is 2.92. The van der Waals surface area contributed by atoms with Crippen LogP contribution in [-0.4, -0.2) is 0 Å². The molecule has 4 aromatic rings. The summed E-state index contributed by atoms with van der Waals surface area (Å²) in [5.41, 5.74) is 6.69. The van der Waals surface area contributed by atoms with Crippen molar-refractivity contribution in [2.45, 2.75) is 71.6 Å². The van der Waals surface area contributed by atoms with Crippen molar-refractivity contribution in [3.8, 4) is 11.8 Å². The molecule has 0 saturated heterocycles. The molecular weight excluding hydrogens is 439 g/mol. The molecule has 0 fully saturated rings. The lowest BCUT2D eigenvalue weighted by Gasteiger charge is -2.06. The highest BCUT2D eigenvalue weighted by molar-refractivity contribution is 5.85. The molecule has 184 valence electrons. The minimum absolute atomic E-state index is 0.234. The summed E-state index contributed by atoms with van der Waals surface area (Å²) in [6.45, 7) is 4.37. The van der Waals surface area contributed by atoms with Gasteiger partial charge in [-0.15, -0.1) is 0 Å². The Balaban J connectivity index is 1.31. The predicted octanol–water partition coefficient (Wildman–Crippen LogP) is 9.24. The first kappa shape index (κ1) is 25.7. The van der Waals surface area contributed by atoms with Crippen LogP contribution < -0.4 is 0 Å². The summed E-state index contributed by atoms with van der Waals surface area (Å²) in [4.78, 5) is 0. The molecule has 0 aliphatic rings. The van der Waals surface area contributed by atoms with Crippen molar-refractivity contribution >= 4 is 10.8 Å². The van der Waals surface area contributed by atoms with Gasteiger partial charge in [0.1, 0.15) is 5.82 Å². The largest absolute Gasteiger partial charge is 0.205 e. The monoisotopic (exact) mass is 476 g/mol. The molecule has 0 N–H and O–H groups in total. The summed E-state index contributed by atoms with van der Waals surface area (Å²) in [7, 11) is 0. The molecular formula is C35H37F. The van der Waals surface area contributed by atoms with E-state index in [-0.39, 0.29) is 5.82 Å². The lowest BCUT2D eigenvalue weighted by molar-refractivity contribution is 0.632. The highest BCUT2D eigenvalue weighted by Crippen LogP contribution is 2.22. The van der Waals surface area contributed by atoms with Gasteiger partial charge in [0.2, 0.25) is 0 Å². The summed E-state index contributed by atoms with van der Waals surface area (Å²) in [5, 5.41) is 1.56. The Hall–Kier alpha value is -3.37. The van der Waals surface area contributed by atoms with E-state index < -0.39 is 0 Å². The van der Waals surface area contributed by atoms with Gasteiger partial charge in [0.15, 0.2) is 0 Å². The van der Waals surface area contributed by atoms with Crippen LogP contribution in [0.25, 0.3) is 10.8 Å². The minimum atomic E-state index is -0.234. The van der Waals surface area contributed by atoms with Crippen LogP contribution in [0.15, 0.2) is 78.9 Å². The van der Waals surface area contributed by atoms with Gasteiger partial charge in [-0.2, -0.15) is 0 Å². The van der Waals surface area contributed by atoms with Crippen LogP contribution in [0.5, 0.6) is 0 Å². The minimum Gasteiger partial charge on any atom is -0.205 e. The quantitative estimate of drug-likeness (QED) is 0.158. The summed E-state index contributed by atoms with van der Waals surface area (Å²) >= 11 is 0. The maximum absolute atomic E-state index is 15.0. The average molecular weight is 477 g/mol. The van der Waals surface area contributed by atoms with Crippen LogP contribution in [0.2, 0.25) is 0 Å². The Morgan fingerprint density at radius 2 is 1.19 bits per heavy atom. The number of unbranched alkanes of at least 4 members (excludes halogenated alkanes) is 4. The van der Waals surface area contributed by atoms with E-state index in [9.17, 15) is 4.39 Å². The number of benzene rings is 4. The summed E-state index contributed by atoms with van der Waals surface area (Å²) < 4.78 is 15.0. The number of halogens is 1. The SMILES string of the molecule is CCCCCCCc1ccc(CCc2ccc(C#Cc3ccc4cc(CC)ccc4c3F)cc2)cc1. The Labute approximate surface area is 216 Å². The zero-order chi connectivity index (χ0) is 25.2. The molecule has 0 saturated carbocycles. The third-order valence-electron chi connectivity index (χ3n) is 7.02. The van der Waals surface area contributed by atoms with Crippen molar-refractivity contribution in [3.63, 3.8) is 0 Å². The topological polar surface area (TPSA) is 0 Å². The molecule has 0 aliphatic heterocycles. The fraction of sp³-hybridized carbons (Fsp3) is 0.314. The van der Waals surface area contributed by atoms with Crippen LogP contribution in [0.1, 0.15) is 79.3 Å². The highest BCUT2D eigenvalue weighted by Gasteiger charge is 2.06. The molecule has 4 aromatic carbocycles. The van der Waals surface area contributed by atoms with E-state index in [4.69, 9.17) is 0 Å². The molecule has 0 radical (unpaired) electrons. The van der Waals surface area contributed by atoms with Crippen molar-refractivity contribution < 1.29 is 4.39 Å². The first-order chi connectivity index (χ1) is 17.7. The maximum atomic E-state index is 15.0. The summed E-state index contributed by atoms with van der Waals surface area (Å²) in [5.74, 6) is 5.93. The second kappa shape index (κ2) is 13.1. The van der Waals surface area contributed by atoms with Crippen molar-refractivity contribution in [1.29, 1.82) is 0 Å². The molecule has 4 rings (SSSR count). The Bertz CT molecular complexity index is 1320. The van der Waals surface area contributed by atoms with Gasteiger partial charge < -0.3 is 0 Å². The fourth-order valence-corrected chi connectivity index (χ4v) is 4.65. The standard InChI is InChI=1S/C35H37F/c1-3-5-6-7-8-9-28-10-12-29(13-11-28)14-15-30-16-18-31(19-17-30)20-22-32-23-24-33-26-27(4-2)21-25-34(33)35(32)36/h10-13,16-19,21,23-26H,3-9,14-15H2,1-2H3. The third-order valence-corrected chi connectivity index (χ3v) is 7.02. The van der Waals surface area contributed by atoms with E-state index >= 15 is 0 Å². The number of fused-ring (bicyclic) bond motifs is 1. The lowest BCUT2D eigenvalue weighted by Crippen LogP contribution is -1.93. The molecule has 0 aromatic heterocycles. The lowest BCUT2D eigenvalue weighted by atomic mass is 10.00. The number of rotatable bonds is 10. The van der Waals surface area contributed by atoms with Gasteiger partial charge in [0.05, 0.1) is 5.56 Å². The van der Waals surface area contributed by atoms with Gasteiger partial charge in [-0.1, -0.05) is 112 Å². The van der Waals surface area contributed by atoms with E-state index in [1.807, 2.05) is 30.3 Å². The van der Waals surface area contributed by atoms with Crippen molar-refractivity contribution in [3.05, 3.63) is 118 Å². The Morgan fingerprint density at radius 1 is 0.583 bits per heavy atom. The molecule has 0 amide bonds. The number of hydrogen-bond donors (Lipinski definition) is 0. The molecule has 0 aliphatic carbocycles. The molecule has 0 nitrogen and oxygen atoms in total. The first-order valence-corrected chi connectivity index (χ1v) is 13.6. The van der Waals surface area contributed by atoms with Crippen LogP contribution in [0.3, 0.4) is 0 Å². The summed E-state index contributed by atoms with van der Waals surface area (Å²) in [6.07, 6.45) is 10.8. The smallest absolute Gasteiger partial charge is 0.146 e. The van der Waals surface area contributed by atoms with Crippen LogP contribution in [-0.2, 0) is 25.7 Å². The molecule has 0 unspecified atom stereocenters. The summed E-state index contributed by atoms with van der Waals surface area (Å²) in [6, 6.07) is 27.2. The molecule has 0 atom stereocenters. The number of aryl methyl sites for hydroxylation is 4.